The van der Waals surface area contributed by atoms with E-state index < -0.39 is 27.0 Å². The lowest BCUT2D eigenvalue weighted by Gasteiger charge is -2.30. The molecule has 4 nitrogen and oxygen atoms in total. The van der Waals surface area contributed by atoms with Crippen LogP contribution in [0.3, 0.4) is 0 Å². The second-order valence-corrected chi connectivity index (χ2v) is 8.26. The molecule has 0 amide bonds. The van der Waals surface area contributed by atoms with Crippen LogP contribution in [0.15, 0.2) is 53.4 Å². The van der Waals surface area contributed by atoms with Crippen molar-refractivity contribution in [3.8, 4) is 0 Å². The number of carboxylic acids is 1. The molecule has 3 rings (SSSR count). The van der Waals surface area contributed by atoms with Crippen LogP contribution in [0.2, 0.25) is 5.02 Å². The number of fused-ring (bicyclic) bond motifs is 1. The minimum atomic E-state index is -3.76. The van der Waals surface area contributed by atoms with Gasteiger partial charge in [-0.2, -0.15) is 0 Å². The van der Waals surface area contributed by atoms with Crippen LogP contribution in [0, 0.1) is 5.92 Å². The third-order valence-corrected chi connectivity index (χ3v) is 6.76. The van der Waals surface area contributed by atoms with Crippen molar-refractivity contribution < 1.29 is 18.3 Å². The van der Waals surface area contributed by atoms with E-state index in [1.165, 1.54) is 24.3 Å². The maximum atomic E-state index is 12.9. The van der Waals surface area contributed by atoms with E-state index in [4.69, 9.17) is 11.6 Å². The Morgan fingerprint density at radius 3 is 2.13 bits per heavy atom. The number of carboxylic acid groups (broad SMARTS) is 1. The highest BCUT2D eigenvalue weighted by atomic mass is 35.5. The van der Waals surface area contributed by atoms with Crippen LogP contribution in [0.5, 0.6) is 0 Å². The molecule has 23 heavy (non-hydrogen) atoms. The lowest BCUT2D eigenvalue weighted by molar-refractivity contribution is -0.141. The standard InChI is InChI=1S/C17H15ClO4S/c18-13-5-7-14(8-6-13)23(21,22)16-10-12-4-2-1-3-11(12)9-15(16)17(19)20/h1-8,15-16H,9-10H2,(H,19,20)/t15-,16?/m0/s1. The first-order chi connectivity index (χ1) is 10.9. The van der Waals surface area contributed by atoms with Crippen molar-refractivity contribution in [2.45, 2.75) is 23.0 Å². The molecule has 0 radical (unpaired) electrons. The van der Waals surface area contributed by atoms with Crippen LogP contribution >= 0.6 is 11.6 Å². The lowest BCUT2D eigenvalue weighted by atomic mass is 9.83. The SMILES string of the molecule is O=C(O)[C@H]1Cc2ccccc2CC1S(=O)(=O)c1ccc(Cl)cc1. The van der Waals surface area contributed by atoms with Crippen LogP contribution in [-0.2, 0) is 27.5 Å². The van der Waals surface area contributed by atoms with Gasteiger partial charge in [-0.1, -0.05) is 35.9 Å². The van der Waals surface area contributed by atoms with Crippen molar-refractivity contribution in [3.63, 3.8) is 0 Å². The number of sulfone groups is 1. The van der Waals surface area contributed by atoms with Gasteiger partial charge in [0.1, 0.15) is 0 Å². The molecule has 0 saturated heterocycles. The van der Waals surface area contributed by atoms with Crippen LogP contribution in [0.1, 0.15) is 11.1 Å². The first-order valence-corrected chi connectivity index (χ1v) is 9.11. The summed E-state index contributed by atoms with van der Waals surface area (Å²) in [6.45, 7) is 0. The molecule has 6 heteroatoms. The van der Waals surface area contributed by atoms with Gasteiger partial charge in [0.25, 0.3) is 0 Å². The van der Waals surface area contributed by atoms with Crippen molar-refractivity contribution in [2.75, 3.05) is 0 Å². The van der Waals surface area contributed by atoms with E-state index in [9.17, 15) is 18.3 Å². The summed E-state index contributed by atoms with van der Waals surface area (Å²) in [6.07, 6.45) is 0.432. The van der Waals surface area contributed by atoms with Crippen LogP contribution in [0.25, 0.3) is 0 Å². The number of hydrogen-bond acceptors (Lipinski definition) is 3. The minimum Gasteiger partial charge on any atom is -0.481 e. The summed E-state index contributed by atoms with van der Waals surface area (Å²) in [4.78, 5) is 11.7. The first kappa shape index (κ1) is 16.0. The van der Waals surface area contributed by atoms with Crippen molar-refractivity contribution in [3.05, 3.63) is 64.7 Å². The van der Waals surface area contributed by atoms with Crippen LogP contribution in [-0.4, -0.2) is 24.7 Å². The Labute approximate surface area is 139 Å². The fourth-order valence-electron chi connectivity index (χ4n) is 3.05. The quantitative estimate of drug-likeness (QED) is 0.923. The van der Waals surface area contributed by atoms with E-state index in [1.54, 1.807) is 0 Å². The fraction of sp³-hybridized carbons (Fsp3) is 0.235. The summed E-state index contributed by atoms with van der Waals surface area (Å²) in [5, 5.41) is 8.96. The second kappa shape index (κ2) is 5.98. The molecule has 0 fully saturated rings. The summed E-state index contributed by atoms with van der Waals surface area (Å²) in [5.41, 5.74) is 1.80. The average Bonchev–Trinajstić information content (AvgIpc) is 2.54. The molecule has 1 aliphatic rings. The third kappa shape index (κ3) is 2.99. The Balaban J connectivity index is 2.05. The summed E-state index contributed by atoms with van der Waals surface area (Å²) in [7, 11) is -3.76. The van der Waals surface area contributed by atoms with Gasteiger partial charge in [-0.15, -0.1) is 0 Å². The van der Waals surface area contributed by atoms with Gasteiger partial charge in [0, 0.05) is 5.02 Å². The van der Waals surface area contributed by atoms with Gasteiger partial charge in [-0.25, -0.2) is 8.42 Å². The zero-order chi connectivity index (χ0) is 16.6. The molecular formula is C17H15ClO4S. The van der Waals surface area contributed by atoms with Gasteiger partial charge in [0.05, 0.1) is 16.1 Å². The molecule has 0 aliphatic heterocycles. The Kier molecular flexibility index (Phi) is 4.17. The van der Waals surface area contributed by atoms with Crippen molar-refractivity contribution >= 4 is 27.4 Å². The maximum absolute atomic E-state index is 12.9. The Hall–Kier alpha value is -1.85. The number of halogens is 1. The highest BCUT2D eigenvalue weighted by molar-refractivity contribution is 7.92. The number of aliphatic carboxylic acids is 1. The third-order valence-electron chi connectivity index (χ3n) is 4.29. The van der Waals surface area contributed by atoms with Crippen LogP contribution < -0.4 is 0 Å². The van der Waals surface area contributed by atoms with Gasteiger partial charge in [-0.3, -0.25) is 4.79 Å². The van der Waals surface area contributed by atoms with Crippen molar-refractivity contribution in [1.29, 1.82) is 0 Å². The molecule has 1 N–H and O–H groups in total. The maximum Gasteiger partial charge on any atom is 0.308 e. The normalized spacial score (nSPS) is 20.7. The van der Waals surface area contributed by atoms with Gasteiger partial charge in [0.15, 0.2) is 9.84 Å². The highest BCUT2D eigenvalue weighted by Crippen LogP contribution is 2.33. The first-order valence-electron chi connectivity index (χ1n) is 7.18. The lowest BCUT2D eigenvalue weighted by Crippen LogP contribution is -2.41. The van der Waals surface area contributed by atoms with Gasteiger partial charge in [0.2, 0.25) is 0 Å². The van der Waals surface area contributed by atoms with Crippen molar-refractivity contribution in [1.82, 2.24) is 0 Å². The molecule has 0 heterocycles. The fourth-order valence-corrected chi connectivity index (χ4v) is 5.09. The summed E-state index contributed by atoms with van der Waals surface area (Å²) >= 11 is 5.80. The molecule has 2 atom stereocenters. The molecule has 2 aromatic carbocycles. The summed E-state index contributed by atoms with van der Waals surface area (Å²) in [6, 6.07) is 13.3. The van der Waals surface area contributed by atoms with E-state index >= 15 is 0 Å². The predicted octanol–water partition coefficient (Wildman–Crippen LogP) is 2.98. The molecule has 1 unspecified atom stereocenters. The average molecular weight is 351 g/mol. The van der Waals surface area contributed by atoms with Crippen molar-refractivity contribution in [2.24, 2.45) is 5.92 Å². The monoisotopic (exact) mass is 350 g/mol. The number of carbonyl (C=O) groups is 1. The minimum absolute atomic E-state index is 0.109. The molecule has 0 saturated carbocycles. The topological polar surface area (TPSA) is 71.4 Å². The number of hydrogen-bond donors (Lipinski definition) is 1. The van der Waals surface area contributed by atoms with Gasteiger partial charge in [-0.05, 0) is 48.2 Å². The number of rotatable bonds is 3. The molecule has 2 aromatic rings. The second-order valence-electron chi connectivity index (χ2n) is 5.66. The van der Waals surface area contributed by atoms with Crippen LogP contribution in [0.4, 0.5) is 0 Å². The zero-order valence-corrected chi connectivity index (χ0v) is 13.7. The Morgan fingerprint density at radius 2 is 1.57 bits per heavy atom. The van der Waals surface area contributed by atoms with E-state index in [1.807, 2.05) is 24.3 Å². The van der Waals surface area contributed by atoms with Gasteiger partial charge < -0.3 is 5.11 Å². The molecule has 120 valence electrons. The Morgan fingerprint density at radius 1 is 1.00 bits per heavy atom. The van der Waals surface area contributed by atoms with E-state index in [0.717, 1.165) is 11.1 Å². The molecule has 0 bridgehead atoms. The molecule has 0 aromatic heterocycles. The van der Waals surface area contributed by atoms with Gasteiger partial charge >= 0.3 is 5.97 Å². The summed E-state index contributed by atoms with van der Waals surface area (Å²) in [5.74, 6) is -2.03. The zero-order valence-electron chi connectivity index (χ0n) is 12.1. The number of benzene rings is 2. The smallest absolute Gasteiger partial charge is 0.308 e. The van der Waals surface area contributed by atoms with E-state index in [2.05, 4.69) is 0 Å². The molecule has 1 aliphatic carbocycles. The largest absolute Gasteiger partial charge is 0.481 e. The predicted molar refractivity (Wildman–Crippen MR) is 87.4 cm³/mol. The van der Waals surface area contributed by atoms with E-state index in [0.29, 0.717) is 5.02 Å². The molecule has 0 spiro atoms. The molecular weight excluding hydrogens is 336 g/mol. The van der Waals surface area contributed by atoms with E-state index in [-0.39, 0.29) is 17.7 Å². The summed E-state index contributed by atoms with van der Waals surface area (Å²) < 4.78 is 25.8. The Bertz CT molecular complexity index is 843. The highest BCUT2D eigenvalue weighted by Gasteiger charge is 2.42.